The molecule has 0 aromatic heterocycles. The maximum Gasteiger partial charge on any atom is 0.243 e. The number of nitrogens with zero attached hydrogens (tertiary/aromatic N) is 2. The van der Waals surface area contributed by atoms with Crippen molar-refractivity contribution < 1.29 is 17.9 Å². The molecule has 1 saturated heterocycles. The van der Waals surface area contributed by atoms with Gasteiger partial charge in [-0.25, -0.2) is 8.42 Å². The van der Waals surface area contributed by atoms with E-state index >= 15 is 0 Å². The fraction of sp³-hybridized carbons (Fsp3) is 0.350. The first-order valence-electron chi connectivity index (χ1n) is 9.11. The summed E-state index contributed by atoms with van der Waals surface area (Å²) in [4.78, 5) is 14.7. The molecule has 142 valence electrons. The number of sulfonamides is 1. The van der Waals surface area contributed by atoms with Crippen LogP contribution in [-0.2, 0) is 21.2 Å². The second kappa shape index (κ2) is 6.98. The van der Waals surface area contributed by atoms with Crippen LogP contribution >= 0.6 is 0 Å². The van der Waals surface area contributed by atoms with Gasteiger partial charge < -0.3 is 9.64 Å². The zero-order valence-corrected chi connectivity index (χ0v) is 16.0. The summed E-state index contributed by atoms with van der Waals surface area (Å²) in [6.07, 6.45) is 0.810. The van der Waals surface area contributed by atoms with Crippen LogP contribution in [0.15, 0.2) is 53.4 Å². The van der Waals surface area contributed by atoms with E-state index in [-0.39, 0.29) is 29.9 Å². The minimum atomic E-state index is -3.75. The smallest absolute Gasteiger partial charge is 0.243 e. The fourth-order valence-corrected chi connectivity index (χ4v) is 5.25. The molecule has 6 nitrogen and oxygen atoms in total. The molecule has 0 bridgehead atoms. The Kier molecular flexibility index (Phi) is 4.65. The molecule has 2 aliphatic heterocycles. The van der Waals surface area contributed by atoms with Crippen molar-refractivity contribution in [3.8, 4) is 5.75 Å². The predicted octanol–water partition coefficient (Wildman–Crippen LogP) is 2.22. The lowest BCUT2D eigenvalue weighted by molar-refractivity contribution is -0.138. The topological polar surface area (TPSA) is 66.9 Å². The van der Waals surface area contributed by atoms with Crippen LogP contribution in [0.4, 0.5) is 0 Å². The predicted molar refractivity (Wildman–Crippen MR) is 101 cm³/mol. The highest BCUT2D eigenvalue weighted by molar-refractivity contribution is 7.89. The second-order valence-electron chi connectivity index (χ2n) is 6.75. The largest absolute Gasteiger partial charge is 0.494 e. The fourth-order valence-electron chi connectivity index (χ4n) is 3.85. The maximum atomic E-state index is 13.1. The van der Waals surface area contributed by atoms with Crippen LogP contribution in [0.2, 0.25) is 0 Å². The van der Waals surface area contributed by atoms with Crippen molar-refractivity contribution in [2.45, 2.75) is 24.3 Å². The number of carbonyl (C=O) groups excluding carboxylic acids is 1. The van der Waals surface area contributed by atoms with Gasteiger partial charge in [0.2, 0.25) is 15.9 Å². The van der Waals surface area contributed by atoms with Crippen LogP contribution in [0.3, 0.4) is 0 Å². The molecule has 7 heteroatoms. The van der Waals surface area contributed by atoms with Gasteiger partial charge in [-0.2, -0.15) is 4.31 Å². The SMILES string of the molecule is CCOc1ccc(S(=O)(=O)N2CC(=O)N3CCc4ccccc4[C@H]3C2)cc1. The summed E-state index contributed by atoms with van der Waals surface area (Å²) in [7, 11) is -3.75. The zero-order chi connectivity index (χ0) is 19.0. The summed E-state index contributed by atoms with van der Waals surface area (Å²) >= 11 is 0. The molecule has 1 atom stereocenters. The molecule has 0 spiro atoms. The zero-order valence-electron chi connectivity index (χ0n) is 15.2. The minimum absolute atomic E-state index is 0.117. The van der Waals surface area contributed by atoms with Crippen LogP contribution in [0.1, 0.15) is 24.1 Å². The molecule has 2 aliphatic rings. The number of hydrogen-bond donors (Lipinski definition) is 0. The minimum Gasteiger partial charge on any atom is -0.494 e. The summed E-state index contributed by atoms with van der Waals surface area (Å²) < 4.78 is 32.9. The van der Waals surface area contributed by atoms with E-state index in [0.717, 1.165) is 12.0 Å². The number of benzene rings is 2. The van der Waals surface area contributed by atoms with Crippen LogP contribution in [0, 0.1) is 0 Å². The summed E-state index contributed by atoms with van der Waals surface area (Å²) in [6, 6.07) is 14.1. The molecular weight excluding hydrogens is 364 g/mol. The molecule has 2 aromatic rings. The van der Waals surface area contributed by atoms with Gasteiger partial charge in [-0.15, -0.1) is 0 Å². The van der Waals surface area contributed by atoms with Gasteiger partial charge in [0, 0.05) is 13.1 Å². The van der Waals surface area contributed by atoms with Gasteiger partial charge >= 0.3 is 0 Å². The number of amides is 1. The molecule has 0 N–H and O–H groups in total. The van der Waals surface area contributed by atoms with Crippen molar-refractivity contribution in [2.75, 3.05) is 26.2 Å². The molecule has 27 heavy (non-hydrogen) atoms. The third-order valence-electron chi connectivity index (χ3n) is 5.19. The van der Waals surface area contributed by atoms with Crippen molar-refractivity contribution in [3.63, 3.8) is 0 Å². The van der Waals surface area contributed by atoms with Gasteiger partial charge in [0.1, 0.15) is 5.75 Å². The molecule has 0 aliphatic carbocycles. The summed E-state index contributed by atoms with van der Waals surface area (Å²) in [5.74, 6) is 0.480. The van der Waals surface area contributed by atoms with E-state index in [1.165, 1.54) is 22.0 Å². The van der Waals surface area contributed by atoms with E-state index in [1.807, 2.05) is 30.0 Å². The Balaban J connectivity index is 1.64. The van der Waals surface area contributed by atoms with Gasteiger partial charge in [0.25, 0.3) is 0 Å². The summed E-state index contributed by atoms with van der Waals surface area (Å²) in [5, 5.41) is 0. The van der Waals surface area contributed by atoms with Crippen LogP contribution < -0.4 is 4.74 Å². The van der Waals surface area contributed by atoms with Crippen molar-refractivity contribution in [1.29, 1.82) is 0 Å². The Labute approximate surface area is 159 Å². The standard InChI is InChI=1S/C20H22N2O4S/c1-2-26-16-7-9-17(10-8-16)27(24,25)21-13-19-18-6-4-3-5-15(18)11-12-22(19)20(23)14-21/h3-10,19H,2,11-14H2,1H3/t19-/m1/s1. The van der Waals surface area contributed by atoms with E-state index in [2.05, 4.69) is 6.07 Å². The van der Waals surface area contributed by atoms with Crippen molar-refractivity contribution >= 4 is 15.9 Å². The lowest BCUT2D eigenvalue weighted by atomic mass is 9.91. The number of ether oxygens (including phenoxy) is 1. The van der Waals surface area contributed by atoms with Gasteiger partial charge in [0.05, 0.1) is 24.1 Å². The molecule has 1 fully saturated rings. The van der Waals surface area contributed by atoms with Gasteiger partial charge in [-0.05, 0) is 48.7 Å². The average Bonchev–Trinajstić information content (AvgIpc) is 2.68. The Morgan fingerprint density at radius 1 is 1.11 bits per heavy atom. The third kappa shape index (κ3) is 3.21. The first-order valence-corrected chi connectivity index (χ1v) is 10.5. The number of fused-ring (bicyclic) bond motifs is 3. The van der Waals surface area contributed by atoms with Crippen molar-refractivity contribution in [1.82, 2.24) is 9.21 Å². The number of carbonyl (C=O) groups is 1. The number of piperazine rings is 1. The molecular formula is C20H22N2O4S. The van der Waals surface area contributed by atoms with E-state index in [4.69, 9.17) is 4.74 Å². The quantitative estimate of drug-likeness (QED) is 0.808. The Bertz CT molecular complexity index is 956. The highest BCUT2D eigenvalue weighted by Crippen LogP contribution is 2.34. The van der Waals surface area contributed by atoms with Crippen molar-refractivity contribution in [2.24, 2.45) is 0 Å². The Hall–Kier alpha value is -2.38. The second-order valence-corrected chi connectivity index (χ2v) is 8.69. The van der Waals surface area contributed by atoms with Crippen LogP contribution in [0.25, 0.3) is 0 Å². The molecule has 0 unspecified atom stereocenters. The molecule has 2 aromatic carbocycles. The van der Waals surface area contributed by atoms with Gasteiger partial charge in [0.15, 0.2) is 0 Å². The molecule has 0 radical (unpaired) electrons. The lowest BCUT2D eigenvalue weighted by Gasteiger charge is -2.44. The summed E-state index contributed by atoms with van der Waals surface area (Å²) in [5.41, 5.74) is 2.23. The first-order chi connectivity index (χ1) is 13.0. The highest BCUT2D eigenvalue weighted by Gasteiger charge is 2.41. The van der Waals surface area contributed by atoms with E-state index < -0.39 is 10.0 Å². The van der Waals surface area contributed by atoms with Crippen LogP contribution in [-0.4, -0.2) is 49.8 Å². The first kappa shape index (κ1) is 18.0. The molecule has 0 saturated carbocycles. The van der Waals surface area contributed by atoms with Gasteiger partial charge in [-0.1, -0.05) is 24.3 Å². The third-order valence-corrected chi connectivity index (χ3v) is 7.02. The van der Waals surface area contributed by atoms with Crippen molar-refractivity contribution in [3.05, 3.63) is 59.7 Å². The molecule has 1 amide bonds. The maximum absolute atomic E-state index is 13.1. The van der Waals surface area contributed by atoms with Crippen LogP contribution in [0.5, 0.6) is 5.75 Å². The average molecular weight is 386 g/mol. The van der Waals surface area contributed by atoms with E-state index in [0.29, 0.717) is 18.9 Å². The highest BCUT2D eigenvalue weighted by atomic mass is 32.2. The number of rotatable bonds is 4. The summed E-state index contributed by atoms with van der Waals surface area (Å²) in [6.45, 7) is 3.19. The Morgan fingerprint density at radius 3 is 2.59 bits per heavy atom. The normalized spacial score (nSPS) is 20.1. The monoisotopic (exact) mass is 386 g/mol. The molecule has 4 rings (SSSR count). The van der Waals surface area contributed by atoms with Gasteiger partial charge in [-0.3, -0.25) is 4.79 Å². The number of hydrogen-bond acceptors (Lipinski definition) is 4. The lowest BCUT2D eigenvalue weighted by Crippen LogP contribution is -2.55. The van der Waals surface area contributed by atoms with E-state index in [9.17, 15) is 13.2 Å². The molecule has 2 heterocycles. The van der Waals surface area contributed by atoms with E-state index in [1.54, 1.807) is 12.1 Å². The Morgan fingerprint density at radius 2 is 1.85 bits per heavy atom.